The molecule has 3 N–H and O–H groups in total. The first-order chi connectivity index (χ1) is 8.29. The summed E-state index contributed by atoms with van der Waals surface area (Å²) < 4.78 is 0. The molecule has 1 aromatic heterocycles. The number of nitrogens with zero attached hydrogens (tertiary/aromatic N) is 2. The van der Waals surface area contributed by atoms with Gasteiger partial charge in [0.1, 0.15) is 11.0 Å². The minimum Gasteiger partial charge on any atom is -0.315 e. The van der Waals surface area contributed by atoms with Crippen molar-refractivity contribution in [3.63, 3.8) is 0 Å². The Balaban J connectivity index is 1.89. The molecule has 0 fully saturated rings. The molecule has 0 aliphatic heterocycles. The number of hydrogen-bond acceptors (Lipinski definition) is 4. The third kappa shape index (κ3) is 3.25. The van der Waals surface area contributed by atoms with E-state index in [4.69, 9.17) is 0 Å². The summed E-state index contributed by atoms with van der Waals surface area (Å²) in [6.45, 7) is 7.15. The normalized spacial score (nSPS) is 13.1. The van der Waals surface area contributed by atoms with Crippen molar-refractivity contribution in [2.24, 2.45) is 0 Å². The van der Waals surface area contributed by atoms with Gasteiger partial charge in [0.25, 0.3) is 0 Å². The highest BCUT2D eigenvalue weighted by atomic mass is 15.3. The van der Waals surface area contributed by atoms with Gasteiger partial charge in [0.05, 0.1) is 0 Å². The van der Waals surface area contributed by atoms with Crippen LogP contribution in [0, 0.1) is 0 Å². The molecule has 0 radical (unpaired) electrons. The van der Waals surface area contributed by atoms with Crippen LogP contribution in [0.15, 0.2) is 18.2 Å². The van der Waals surface area contributed by atoms with Crippen molar-refractivity contribution in [1.29, 1.82) is 0 Å². The largest absolute Gasteiger partial charge is 0.315 e. The molecule has 92 valence electrons. The number of fused-ring (bicyclic) bond motifs is 1. The van der Waals surface area contributed by atoms with Crippen LogP contribution in [0.2, 0.25) is 0 Å². The smallest absolute Gasteiger partial charge is 0.113 e. The van der Waals surface area contributed by atoms with Gasteiger partial charge in [-0.05, 0) is 31.2 Å². The molecule has 1 heterocycles. The predicted molar refractivity (Wildman–Crippen MR) is 68.7 cm³/mol. The third-order valence-corrected chi connectivity index (χ3v) is 2.74. The summed E-state index contributed by atoms with van der Waals surface area (Å²) in [6.07, 6.45) is 0. The van der Waals surface area contributed by atoms with Crippen LogP contribution >= 0.6 is 0 Å². The van der Waals surface area contributed by atoms with Gasteiger partial charge < -0.3 is 10.6 Å². The van der Waals surface area contributed by atoms with Crippen molar-refractivity contribution in [3.8, 4) is 0 Å². The highest BCUT2D eigenvalue weighted by molar-refractivity contribution is 5.74. The lowest BCUT2D eigenvalue weighted by Gasteiger charge is -2.13. The summed E-state index contributed by atoms with van der Waals surface area (Å²) in [4.78, 5) is 0. The second-order valence-electron chi connectivity index (χ2n) is 4.24. The first kappa shape index (κ1) is 12.0. The van der Waals surface area contributed by atoms with E-state index in [1.54, 1.807) is 0 Å². The molecule has 0 bridgehead atoms. The van der Waals surface area contributed by atoms with Crippen LogP contribution in [-0.4, -0.2) is 34.5 Å². The van der Waals surface area contributed by atoms with Gasteiger partial charge in [0.2, 0.25) is 0 Å². The Kier molecular flexibility index (Phi) is 4.06. The topological polar surface area (TPSA) is 65.6 Å². The van der Waals surface area contributed by atoms with Gasteiger partial charge in [-0.25, -0.2) is 0 Å². The number of rotatable bonds is 6. The number of aromatic nitrogens is 3. The molecule has 0 spiro atoms. The van der Waals surface area contributed by atoms with Crippen LogP contribution in [0.1, 0.15) is 19.4 Å². The predicted octanol–water partition coefficient (Wildman–Crippen LogP) is 1.05. The highest BCUT2D eigenvalue weighted by Crippen LogP contribution is 2.10. The van der Waals surface area contributed by atoms with E-state index < -0.39 is 0 Å². The number of hydrogen-bond donors (Lipinski definition) is 3. The lowest BCUT2D eigenvalue weighted by Crippen LogP contribution is -2.35. The molecule has 0 saturated heterocycles. The summed E-state index contributed by atoms with van der Waals surface area (Å²) in [5.41, 5.74) is 3.06. The Hall–Kier alpha value is -1.46. The van der Waals surface area contributed by atoms with E-state index in [0.717, 1.165) is 30.7 Å². The summed E-state index contributed by atoms with van der Waals surface area (Å²) in [7, 11) is 0. The quantitative estimate of drug-likeness (QED) is 0.697. The molecule has 1 aromatic carbocycles. The van der Waals surface area contributed by atoms with E-state index in [0.29, 0.717) is 6.04 Å². The SMILES string of the molecule is CCNCC(C)NCc1ccc2n[nH]nc2c1. The van der Waals surface area contributed by atoms with Crippen molar-refractivity contribution in [3.05, 3.63) is 23.8 Å². The van der Waals surface area contributed by atoms with Crippen molar-refractivity contribution in [1.82, 2.24) is 26.0 Å². The first-order valence-corrected chi connectivity index (χ1v) is 6.03. The van der Waals surface area contributed by atoms with Crippen LogP contribution in [0.4, 0.5) is 0 Å². The lowest BCUT2D eigenvalue weighted by atomic mass is 10.2. The highest BCUT2D eigenvalue weighted by Gasteiger charge is 2.02. The third-order valence-electron chi connectivity index (χ3n) is 2.74. The second-order valence-corrected chi connectivity index (χ2v) is 4.24. The number of likely N-dealkylation sites (N-methyl/N-ethyl adjacent to an activating group) is 1. The van der Waals surface area contributed by atoms with E-state index >= 15 is 0 Å². The average molecular weight is 233 g/mol. The lowest BCUT2D eigenvalue weighted by molar-refractivity contribution is 0.509. The molecule has 0 saturated carbocycles. The molecule has 1 unspecified atom stereocenters. The van der Waals surface area contributed by atoms with Crippen LogP contribution in [0.3, 0.4) is 0 Å². The molecule has 0 amide bonds. The molecular formula is C12H19N5. The van der Waals surface area contributed by atoms with Crippen molar-refractivity contribution < 1.29 is 0 Å². The van der Waals surface area contributed by atoms with Crippen LogP contribution in [0.25, 0.3) is 11.0 Å². The summed E-state index contributed by atoms with van der Waals surface area (Å²) >= 11 is 0. The zero-order valence-corrected chi connectivity index (χ0v) is 10.3. The monoisotopic (exact) mass is 233 g/mol. The zero-order chi connectivity index (χ0) is 12.1. The molecule has 2 rings (SSSR count). The van der Waals surface area contributed by atoms with Crippen LogP contribution in [0.5, 0.6) is 0 Å². The maximum atomic E-state index is 4.08. The molecule has 0 aliphatic carbocycles. The molecule has 2 aromatic rings. The van der Waals surface area contributed by atoms with Crippen molar-refractivity contribution in [2.45, 2.75) is 26.4 Å². The number of aromatic amines is 1. The van der Waals surface area contributed by atoms with Gasteiger partial charge in [0.15, 0.2) is 0 Å². The average Bonchev–Trinajstić information content (AvgIpc) is 2.81. The van der Waals surface area contributed by atoms with Gasteiger partial charge in [-0.1, -0.05) is 13.0 Å². The van der Waals surface area contributed by atoms with E-state index in [9.17, 15) is 0 Å². The summed E-state index contributed by atoms with van der Waals surface area (Å²) in [5, 5.41) is 17.5. The van der Waals surface area contributed by atoms with Crippen molar-refractivity contribution >= 4 is 11.0 Å². The van der Waals surface area contributed by atoms with E-state index in [2.05, 4.69) is 52.0 Å². The maximum absolute atomic E-state index is 4.08. The molecule has 5 heteroatoms. The number of H-pyrrole nitrogens is 1. The fourth-order valence-corrected chi connectivity index (χ4v) is 1.72. The Bertz CT molecular complexity index is 465. The Labute approximate surface area is 101 Å². The maximum Gasteiger partial charge on any atom is 0.113 e. The Morgan fingerprint density at radius 1 is 1.29 bits per heavy atom. The molecule has 0 aliphatic rings. The molecule has 5 nitrogen and oxygen atoms in total. The molecular weight excluding hydrogens is 214 g/mol. The van der Waals surface area contributed by atoms with E-state index in [1.807, 2.05) is 6.07 Å². The first-order valence-electron chi connectivity index (χ1n) is 6.03. The number of nitrogens with one attached hydrogen (secondary N) is 3. The standard InChI is InChI=1S/C12H19N5/c1-3-13-7-9(2)14-8-10-4-5-11-12(6-10)16-17-15-11/h4-6,9,13-14H,3,7-8H2,1-2H3,(H,15,16,17). The van der Waals surface area contributed by atoms with Gasteiger partial charge >= 0.3 is 0 Å². The zero-order valence-electron chi connectivity index (χ0n) is 10.3. The Morgan fingerprint density at radius 2 is 2.12 bits per heavy atom. The van der Waals surface area contributed by atoms with Gasteiger partial charge in [-0.15, -0.1) is 0 Å². The second kappa shape index (κ2) is 5.75. The van der Waals surface area contributed by atoms with Gasteiger partial charge in [0, 0.05) is 19.1 Å². The molecule has 1 atom stereocenters. The summed E-state index contributed by atoms with van der Waals surface area (Å²) in [6, 6.07) is 6.59. The van der Waals surface area contributed by atoms with Gasteiger partial charge in [-0.2, -0.15) is 15.4 Å². The fraction of sp³-hybridized carbons (Fsp3) is 0.500. The fourth-order valence-electron chi connectivity index (χ4n) is 1.72. The minimum atomic E-state index is 0.461. The Morgan fingerprint density at radius 3 is 2.94 bits per heavy atom. The van der Waals surface area contributed by atoms with E-state index in [1.165, 1.54) is 5.56 Å². The van der Waals surface area contributed by atoms with E-state index in [-0.39, 0.29) is 0 Å². The summed E-state index contributed by atoms with van der Waals surface area (Å²) in [5.74, 6) is 0. The molecule has 17 heavy (non-hydrogen) atoms. The number of benzene rings is 1. The van der Waals surface area contributed by atoms with Crippen LogP contribution in [-0.2, 0) is 6.54 Å². The van der Waals surface area contributed by atoms with Gasteiger partial charge in [-0.3, -0.25) is 0 Å². The minimum absolute atomic E-state index is 0.461. The van der Waals surface area contributed by atoms with Crippen molar-refractivity contribution in [2.75, 3.05) is 13.1 Å². The van der Waals surface area contributed by atoms with Crippen LogP contribution < -0.4 is 10.6 Å².